The molecule has 0 aromatic rings. The zero-order valence-electron chi connectivity index (χ0n) is 22.0. The van der Waals surface area contributed by atoms with E-state index in [0.717, 1.165) is 38.5 Å². The number of carbonyl (C=O) groups excluding carboxylic acids is 2. The molecule has 0 aliphatic carbocycles. The summed E-state index contributed by atoms with van der Waals surface area (Å²) in [7, 11) is 0. The molecule has 0 atom stereocenters. The lowest BCUT2D eigenvalue weighted by atomic mass is 10.1. The molecule has 2 N–H and O–H groups in total. The van der Waals surface area contributed by atoms with E-state index >= 15 is 0 Å². The van der Waals surface area contributed by atoms with Crippen molar-refractivity contribution in [1.29, 1.82) is 0 Å². The molecule has 0 heterocycles. The lowest BCUT2D eigenvalue weighted by Crippen LogP contribution is -2.19. The zero-order valence-corrected chi connectivity index (χ0v) is 22.8. The first kappa shape index (κ1) is 33.1. The van der Waals surface area contributed by atoms with Crippen molar-refractivity contribution in [2.24, 2.45) is 10.2 Å². The van der Waals surface area contributed by atoms with Crippen LogP contribution < -0.4 is 10.9 Å². The van der Waals surface area contributed by atoms with Crippen LogP contribution in [0.25, 0.3) is 0 Å². The summed E-state index contributed by atoms with van der Waals surface area (Å²) in [5.41, 5.74) is 5.15. The van der Waals surface area contributed by atoms with Gasteiger partial charge in [0.15, 0.2) is 0 Å². The quantitative estimate of drug-likeness (QED) is 0.0558. The highest BCUT2D eigenvalue weighted by molar-refractivity contribution is 7.99. The van der Waals surface area contributed by atoms with Gasteiger partial charge < -0.3 is 0 Å². The Morgan fingerprint density at radius 3 is 1.29 bits per heavy atom. The largest absolute Gasteiger partial charge is 0.273 e. The number of rotatable bonds is 26. The van der Waals surface area contributed by atoms with Crippen molar-refractivity contribution in [3.63, 3.8) is 0 Å². The minimum Gasteiger partial charge on any atom is -0.273 e. The van der Waals surface area contributed by atoms with Crippen molar-refractivity contribution < 1.29 is 9.59 Å². The lowest BCUT2D eigenvalue weighted by molar-refractivity contribution is -0.121. The third-order valence-corrected chi connectivity index (χ3v) is 6.48. The van der Waals surface area contributed by atoms with Gasteiger partial charge in [-0.25, -0.2) is 10.9 Å². The van der Waals surface area contributed by atoms with E-state index in [1.165, 1.54) is 64.2 Å². The van der Waals surface area contributed by atoms with Crippen molar-refractivity contribution in [2.45, 2.75) is 116 Å². The van der Waals surface area contributed by atoms with Crippen LogP contribution in [0.3, 0.4) is 0 Å². The second kappa shape index (κ2) is 28.3. The molecule has 0 aliphatic heterocycles. The van der Waals surface area contributed by atoms with Gasteiger partial charge in [0.1, 0.15) is 0 Å². The van der Waals surface area contributed by atoms with Crippen molar-refractivity contribution >= 4 is 36.0 Å². The van der Waals surface area contributed by atoms with Gasteiger partial charge in [-0.15, -0.1) is 13.2 Å². The maximum absolute atomic E-state index is 11.8. The molecule has 0 radical (unpaired) electrons. The Balaban J connectivity index is 3.42. The standard InChI is InChI=1S/C28H50N4O2S/c1-3-5-7-9-11-13-15-17-19-23-29-31-27(33)21-25-35-26-22-28(34)32-30-24-20-18-16-14-12-10-8-6-4-2/h3-4,23-24H,1-2,5-22,25-26H2,(H,31,33)(H,32,34)/b29-23+,30-24+. The number of allylic oxidation sites excluding steroid dienone is 2. The van der Waals surface area contributed by atoms with Gasteiger partial charge in [0.25, 0.3) is 0 Å². The summed E-state index contributed by atoms with van der Waals surface area (Å²) in [6, 6.07) is 0. The van der Waals surface area contributed by atoms with Crippen LogP contribution in [-0.4, -0.2) is 35.7 Å². The van der Waals surface area contributed by atoms with Crippen molar-refractivity contribution in [3.05, 3.63) is 25.3 Å². The summed E-state index contributed by atoms with van der Waals surface area (Å²) in [6.07, 6.45) is 27.2. The second-order valence-electron chi connectivity index (χ2n) is 8.78. The Hall–Kier alpha value is -1.89. The Bertz CT molecular complexity index is 544. The monoisotopic (exact) mass is 506 g/mol. The van der Waals surface area contributed by atoms with Gasteiger partial charge >= 0.3 is 0 Å². The number of unbranched alkanes of at least 4 members (excludes halogenated alkanes) is 14. The molecule has 0 saturated heterocycles. The summed E-state index contributed by atoms with van der Waals surface area (Å²) in [4.78, 5) is 23.6. The number of hydrogen-bond donors (Lipinski definition) is 2. The molecule has 2 amide bonds. The van der Waals surface area contributed by atoms with Gasteiger partial charge in [0, 0.05) is 36.8 Å². The number of hydrogen-bond acceptors (Lipinski definition) is 5. The van der Waals surface area contributed by atoms with Crippen LogP contribution in [0.5, 0.6) is 0 Å². The van der Waals surface area contributed by atoms with Crippen molar-refractivity contribution in [1.82, 2.24) is 10.9 Å². The highest BCUT2D eigenvalue weighted by atomic mass is 32.2. The molecule has 0 aliphatic rings. The SMILES string of the molecule is C=CCCCCCCCC/C=N/NC(=O)CCSCCC(=O)N/N=C/CCCCCCCCC=C. The molecule has 0 aromatic heterocycles. The highest BCUT2D eigenvalue weighted by Gasteiger charge is 2.02. The Kier molecular flexibility index (Phi) is 26.8. The van der Waals surface area contributed by atoms with Gasteiger partial charge in [-0.05, 0) is 51.4 Å². The third-order valence-electron chi connectivity index (χ3n) is 5.49. The molecule has 0 bridgehead atoms. The van der Waals surface area contributed by atoms with Crippen molar-refractivity contribution in [3.8, 4) is 0 Å². The summed E-state index contributed by atoms with van der Waals surface area (Å²) in [6.45, 7) is 7.48. The first-order valence-electron chi connectivity index (χ1n) is 13.6. The van der Waals surface area contributed by atoms with E-state index < -0.39 is 0 Å². The molecule has 0 rings (SSSR count). The smallest absolute Gasteiger partial charge is 0.240 e. The van der Waals surface area contributed by atoms with E-state index in [9.17, 15) is 9.59 Å². The normalized spacial score (nSPS) is 11.2. The highest BCUT2D eigenvalue weighted by Crippen LogP contribution is 2.09. The minimum absolute atomic E-state index is 0.0817. The molecular weight excluding hydrogens is 456 g/mol. The van der Waals surface area contributed by atoms with E-state index in [2.05, 4.69) is 34.2 Å². The van der Waals surface area contributed by atoms with E-state index in [-0.39, 0.29) is 11.8 Å². The zero-order chi connectivity index (χ0) is 25.7. The van der Waals surface area contributed by atoms with Crippen molar-refractivity contribution in [2.75, 3.05) is 11.5 Å². The predicted octanol–water partition coefficient (Wildman–Crippen LogP) is 7.32. The van der Waals surface area contributed by atoms with Crippen LogP contribution in [0.2, 0.25) is 0 Å². The Morgan fingerprint density at radius 1 is 0.571 bits per heavy atom. The van der Waals surface area contributed by atoms with Gasteiger partial charge in [0.2, 0.25) is 11.8 Å². The molecule has 0 saturated carbocycles. The van der Waals surface area contributed by atoms with Crippen LogP contribution in [0.15, 0.2) is 35.5 Å². The second-order valence-corrected chi connectivity index (χ2v) is 10.0. The average molecular weight is 507 g/mol. The van der Waals surface area contributed by atoms with Crippen LogP contribution in [0.4, 0.5) is 0 Å². The van der Waals surface area contributed by atoms with Crippen LogP contribution >= 0.6 is 11.8 Å². The Morgan fingerprint density at radius 2 is 0.914 bits per heavy atom. The van der Waals surface area contributed by atoms with Crippen LogP contribution in [0, 0.1) is 0 Å². The molecule has 200 valence electrons. The lowest BCUT2D eigenvalue weighted by Gasteiger charge is -2.02. The summed E-state index contributed by atoms with van der Waals surface area (Å²) >= 11 is 1.59. The predicted molar refractivity (Wildman–Crippen MR) is 154 cm³/mol. The first-order valence-corrected chi connectivity index (χ1v) is 14.8. The van der Waals surface area contributed by atoms with Gasteiger partial charge in [-0.2, -0.15) is 22.0 Å². The minimum atomic E-state index is -0.0817. The summed E-state index contributed by atoms with van der Waals surface area (Å²) in [5.74, 6) is 1.19. The number of nitrogens with one attached hydrogen (secondary N) is 2. The third kappa shape index (κ3) is 28.2. The molecule has 7 heteroatoms. The van der Waals surface area contributed by atoms with E-state index in [1.54, 1.807) is 24.2 Å². The fourth-order valence-corrected chi connectivity index (χ4v) is 4.23. The fourth-order valence-electron chi connectivity index (χ4n) is 3.37. The molecule has 0 fully saturated rings. The van der Waals surface area contributed by atoms with Crippen LogP contribution in [-0.2, 0) is 9.59 Å². The fraction of sp³-hybridized carbons (Fsp3) is 0.714. The molecule has 0 aromatic carbocycles. The Labute approximate surface area is 218 Å². The maximum Gasteiger partial charge on any atom is 0.240 e. The molecule has 0 unspecified atom stereocenters. The maximum atomic E-state index is 11.8. The van der Waals surface area contributed by atoms with Gasteiger partial charge in [-0.1, -0.05) is 63.5 Å². The van der Waals surface area contributed by atoms with Gasteiger partial charge in [-0.3, -0.25) is 9.59 Å². The van der Waals surface area contributed by atoms with E-state index in [0.29, 0.717) is 24.3 Å². The number of hydrazone groups is 2. The molecule has 0 spiro atoms. The topological polar surface area (TPSA) is 82.9 Å². The molecule has 35 heavy (non-hydrogen) atoms. The summed E-state index contributed by atoms with van der Waals surface area (Å²) in [5, 5.41) is 8.02. The first-order chi connectivity index (χ1) is 17.2. The number of amides is 2. The number of thioether (sulfide) groups is 1. The molecule has 6 nitrogen and oxygen atoms in total. The molecular formula is C28H50N4O2S. The summed E-state index contributed by atoms with van der Waals surface area (Å²) < 4.78 is 0. The number of nitrogens with zero attached hydrogens (tertiary/aromatic N) is 2. The average Bonchev–Trinajstić information content (AvgIpc) is 2.85. The van der Waals surface area contributed by atoms with E-state index in [4.69, 9.17) is 0 Å². The van der Waals surface area contributed by atoms with E-state index in [1.807, 2.05) is 12.2 Å². The van der Waals surface area contributed by atoms with Gasteiger partial charge in [0.05, 0.1) is 0 Å². The number of carbonyl (C=O) groups is 2. The van der Waals surface area contributed by atoms with Crippen LogP contribution in [0.1, 0.15) is 116 Å².